The largest absolute Gasteiger partial charge is 0.493 e. The molecule has 0 bridgehead atoms. The Balaban J connectivity index is 1.42. The number of aromatic amines is 1. The van der Waals surface area contributed by atoms with Crippen LogP contribution in [0, 0.1) is 6.92 Å². The normalized spacial score (nSPS) is 14.1. The molecule has 0 saturated carbocycles. The molecule has 0 unspecified atom stereocenters. The number of rotatable bonds is 4. The number of aryl methyl sites for hydroxylation is 1. The summed E-state index contributed by atoms with van der Waals surface area (Å²) in [6, 6.07) is 11.4. The third-order valence-corrected chi connectivity index (χ3v) is 4.86. The van der Waals surface area contributed by atoms with Gasteiger partial charge in [0, 0.05) is 13.1 Å². The molecule has 2 heterocycles. The molecule has 7 heteroatoms. The topological polar surface area (TPSA) is 79.5 Å². The monoisotopic (exact) mass is 366 g/mol. The van der Waals surface area contributed by atoms with Gasteiger partial charge in [0.05, 0.1) is 36.9 Å². The van der Waals surface area contributed by atoms with Crippen LogP contribution in [-0.2, 0) is 0 Å². The number of anilines is 1. The molecule has 1 saturated heterocycles. The maximum atomic E-state index is 12.5. The standard InChI is InChI=1S/C20H22N4O3/c1-12-7-8-14-16(9-12)22-19(21-14)13-10-24(11-13)20(25)23-15-5-4-6-17(26-2)18(15)27-3/h4-9,13H,10-11H2,1-3H3,(H,21,22)(H,23,25). The van der Waals surface area contributed by atoms with Gasteiger partial charge in [-0.1, -0.05) is 12.1 Å². The van der Waals surface area contributed by atoms with Gasteiger partial charge in [-0.25, -0.2) is 9.78 Å². The first-order chi connectivity index (χ1) is 13.1. The summed E-state index contributed by atoms with van der Waals surface area (Å²) in [5, 5.41) is 2.90. The molecule has 2 N–H and O–H groups in total. The lowest BCUT2D eigenvalue weighted by atomic mass is 10.0. The van der Waals surface area contributed by atoms with E-state index in [1.807, 2.05) is 12.1 Å². The van der Waals surface area contributed by atoms with Crippen molar-refractivity contribution in [2.75, 3.05) is 32.6 Å². The summed E-state index contributed by atoms with van der Waals surface area (Å²) in [5.41, 5.74) is 3.78. The third-order valence-electron chi connectivity index (χ3n) is 4.86. The highest BCUT2D eigenvalue weighted by Gasteiger charge is 2.34. The van der Waals surface area contributed by atoms with Gasteiger partial charge in [-0.2, -0.15) is 0 Å². The number of fused-ring (bicyclic) bond motifs is 1. The Morgan fingerprint density at radius 3 is 2.78 bits per heavy atom. The number of urea groups is 1. The van der Waals surface area contributed by atoms with Crippen molar-refractivity contribution in [3.05, 3.63) is 47.8 Å². The van der Waals surface area contributed by atoms with Crippen LogP contribution in [0.25, 0.3) is 11.0 Å². The number of nitrogens with zero attached hydrogens (tertiary/aromatic N) is 2. The maximum absolute atomic E-state index is 12.5. The van der Waals surface area contributed by atoms with Crippen LogP contribution in [0.2, 0.25) is 0 Å². The zero-order chi connectivity index (χ0) is 19.0. The second kappa shape index (κ2) is 6.83. The van der Waals surface area contributed by atoms with E-state index in [1.54, 1.807) is 31.3 Å². The molecule has 1 fully saturated rings. The third kappa shape index (κ3) is 3.16. The number of amides is 2. The van der Waals surface area contributed by atoms with Gasteiger partial charge < -0.3 is 24.7 Å². The fourth-order valence-electron chi connectivity index (χ4n) is 3.33. The van der Waals surface area contributed by atoms with Gasteiger partial charge in [-0.05, 0) is 36.8 Å². The van der Waals surface area contributed by atoms with Crippen LogP contribution in [0.4, 0.5) is 10.5 Å². The van der Waals surface area contributed by atoms with Crippen molar-refractivity contribution in [3.63, 3.8) is 0 Å². The first-order valence-electron chi connectivity index (χ1n) is 8.82. The van der Waals surface area contributed by atoms with Gasteiger partial charge in [-0.15, -0.1) is 0 Å². The molecule has 2 aromatic carbocycles. The van der Waals surface area contributed by atoms with E-state index in [0.717, 1.165) is 16.9 Å². The molecular weight excluding hydrogens is 344 g/mol. The number of ether oxygens (including phenoxy) is 2. The van der Waals surface area contributed by atoms with Crippen LogP contribution in [0.3, 0.4) is 0 Å². The van der Waals surface area contributed by atoms with Crippen molar-refractivity contribution in [1.29, 1.82) is 0 Å². The smallest absolute Gasteiger partial charge is 0.321 e. The second-order valence-electron chi connectivity index (χ2n) is 6.72. The summed E-state index contributed by atoms with van der Waals surface area (Å²) >= 11 is 0. The van der Waals surface area contributed by atoms with Gasteiger partial charge in [0.15, 0.2) is 11.5 Å². The van der Waals surface area contributed by atoms with Gasteiger partial charge in [-0.3, -0.25) is 0 Å². The van der Waals surface area contributed by atoms with Crippen molar-refractivity contribution in [3.8, 4) is 11.5 Å². The van der Waals surface area contributed by atoms with Crippen LogP contribution in [0.15, 0.2) is 36.4 Å². The van der Waals surface area contributed by atoms with Crippen LogP contribution in [0.1, 0.15) is 17.3 Å². The number of benzene rings is 2. The quantitative estimate of drug-likeness (QED) is 0.740. The molecule has 2 amide bonds. The van der Waals surface area contributed by atoms with Gasteiger partial charge in [0.1, 0.15) is 5.82 Å². The van der Waals surface area contributed by atoms with Crippen molar-refractivity contribution in [1.82, 2.24) is 14.9 Å². The van der Waals surface area contributed by atoms with Crippen molar-refractivity contribution in [2.24, 2.45) is 0 Å². The molecule has 0 aliphatic carbocycles. The number of likely N-dealkylation sites (tertiary alicyclic amines) is 1. The first-order valence-corrected chi connectivity index (χ1v) is 8.82. The molecular formula is C20H22N4O3. The molecule has 140 valence electrons. The fraction of sp³-hybridized carbons (Fsp3) is 0.300. The number of hydrogen-bond donors (Lipinski definition) is 2. The van der Waals surface area contributed by atoms with E-state index in [0.29, 0.717) is 30.3 Å². The Labute approximate surface area is 157 Å². The molecule has 0 radical (unpaired) electrons. The summed E-state index contributed by atoms with van der Waals surface area (Å²) in [6.45, 7) is 3.30. The minimum atomic E-state index is -0.162. The average molecular weight is 366 g/mol. The van der Waals surface area contributed by atoms with Crippen molar-refractivity contribution >= 4 is 22.8 Å². The lowest BCUT2D eigenvalue weighted by molar-refractivity contribution is 0.161. The van der Waals surface area contributed by atoms with Crippen LogP contribution in [-0.4, -0.2) is 48.2 Å². The van der Waals surface area contributed by atoms with E-state index in [2.05, 4.69) is 34.3 Å². The number of imidazole rings is 1. The van der Waals surface area contributed by atoms with E-state index in [1.165, 1.54) is 5.56 Å². The van der Waals surface area contributed by atoms with Crippen LogP contribution >= 0.6 is 0 Å². The average Bonchev–Trinajstić information content (AvgIpc) is 3.02. The molecule has 0 atom stereocenters. The minimum Gasteiger partial charge on any atom is -0.493 e. The number of methoxy groups -OCH3 is 2. The maximum Gasteiger partial charge on any atom is 0.321 e. The predicted octanol–water partition coefficient (Wildman–Crippen LogP) is 3.52. The summed E-state index contributed by atoms with van der Waals surface area (Å²) in [7, 11) is 3.12. The van der Waals surface area contributed by atoms with Gasteiger partial charge in [0.2, 0.25) is 0 Å². The first kappa shape index (κ1) is 17.2. The predicted molar refractivity (Wildman–Crippen MR) is 104 cm³/mol. The van der Waals surface area contributed by atoms with E-state index >= 15 is 0 Å². The van der Waals surface area contributed by atoms with E-state index in [4.69, 9.17) is 9.47 Å². The molecule has 3 aromatic rings. The number of carbonyl (C=O) groups is 1. The van der Waals surface area contributed by atoms with E-state index in [9.17, 15) is 4.79 Å². The van der Waals surface area contributed by atoms with Crippen LogP contribution < -0.4 is 14.8 Å². The summed E-state index contributed by atoms with van der Waals surface area (Å²) in [5.74, 6) is 2.24. The molecule has 27 heavy (non-hydrogen) atoms. The Morgan fingerprint density at radius 1 is 1.22 bits per heavy atom. The molecule has 4 rings (SSSR count). The second-order valence-corrected chi connectivity index (χ2v) is 6.72. The molecule has 1 aromatic heterocycles. The lowest BCUT2D eigenvalue weighted by Gasteiger charge is -2.38. The summed E-state index contributed by atoms with van der Waals surface area (Å²) in [6.07, 6.45) is 0. The van der Waals surface area contributed by atoms with E-state index in [-0.39, 0.29) is 11.9 Å². The van der Waals surface area contributed by atoms with Gasteiger partial charge >= 0.3 is 6.03 Å². The van der Waals surface area contributed by atoms with Crippen molar-refractivity contribution < 1.29 is 14.3 Å². The summed E-state index contributed by atoms with van der Waals surface area (Å²) < 4.78 is 10.6. The van der Waals surface area contributed by atoms with Crippen molar-refractivity contribution in [2.45, 2.75) is 12.8 Å². The Bertz CT molecular complexity index is 992. The number of hydrogen-bond acceptors (Lipinski definition) is 4. The highest BCUT2D eigenvalue weighted by molar-refractivity contribution is 5.92. The number of aromatic nitrogens is 2. The Kier molecular flexibility index (Phi) is 4.35. The SMILES string of the molecule is COc1cccc(NC(=O)N2CC(c3nc4ccc(C)cc4[nH]3)C2)c1OC. The fourth-order valence-corrected chi connectivity index (χ4v) is 3.33. The highest BCUT2D eigenvalue weighted by Crippen LogP contribution is 2.35. The van der Waals surface area contributed by atoms with E-state index < -0.39 is 0 Å². The number of H-pyrrole nitrogens is 1. The lowest BCUT2D eigenvalue weighted by Crippen LogP contribution is -2.50. The molecule has 1 aliphatic rings. The zero-order valence-corrected chi connectivity index (χ0v) is 15.6. The highest BCUT2D eigenvalue weighted by atomic mass is 16.5. The molecule has 7 nitrogen and oxygen atoms in total. The molecule has 1 aliphatic heterocycles. The molecule has 0 spiro atoms. The Morgan fingerprint density at radius 2 is 2.04 bits per heavy atom. The summed E-state index contributed by atoms with van der Waals surface area (Å²) in [4.78, 5) is 22.3. The number of para-hydroxylation sites is 1. The zero-order valence-electron chi connectivity index (χ0n) is 15.6. The Hall–Kier alpha value is -3.22. The minimum absolute atomic E-state index is 0.162. The number of nitrogens with one attached hydrogen (secondary N) is 2. The van der Waals surface area contributed by atoms with Gasteiger partial charge in [0.25, 0.3) is 0 Å². The van der Waals surface area contributed by atoms with Crippen LogP contribution in [0.5, 0.6) is 11.5 Å². The number of carbonyl (C=O) groups excluding carboxylic acids is 1.